The van der Waals surface area contributed by atoms with E-state index in [2.05, 4.69) is 31.4 Å². The van der Waals surface area contributed by atoms with Crippen LogP contribution >= 0.6 is 27.3 Å². The molecule has 34 heavy (non-hydrogen) atoms. The van der Waals surface area contributed by atoms with Crippen LogP contribution < -0.4 is 5.32 Å². The standard InChI is InChI=1S/C25H20BrFN4O2S/c26-19-10-6-9-18(15-19)23-29-30-25(34-23)28-22(32)13-14-31(16-17-7-2-1-3-8-17)24(33)20-11-4-5-12-21(20)27/h1-12,15H,13-14,16H2,(H,28,30,32). The van der Waals surface area contributed by atoms with Crippen LogP contribution in [0.15, 0.2) is 83.3 Å². The number of nitrogens with one attached hydrogen (secondary N) is 1. The summed E-state index contributed by atoms with van der Waals surface area (Å²) in [5.74, 6) is -1.37. The highest BCUT2D eigenvalue weighted by atomic mass is 79.9. The Hall–Kier alpha value is -3.43. The van der Waals surface area contributed by atoms with Gasteiger partial charge in [0.2, 0.25) is 11.0 Å². The highest BCUT2D eigenvalue weighted by Gasteiger charge is 2.20. The summed E-state index contributed by atoms with van der Waals surface area (Å²) in [6.07, 6.45) is 0.0266. The van der Waals surface area contributed by atoms with Gasteiger partial charge in [-0.15, -0.1) is 10.2 Å². The SMILES string of the molecule is O=C(CCN(Cc1ccccc1)C(=O)c1ccccc1F)Nc1nnc(-c2cccc(Br)c2)s1. The number of hydrogen-bond donors (Lipinski definition) is 1. The average Bonchev–Trinajstić information content (AvgIpc) is 3.31. The molecule has 2 amide bonds. The second kappa shape index (κ2) is 11.1. The van der Waals surface area contributed by atoms with Gasteiger partial charge in [-0.2, -0.15) is 0 Å². The van der Waals surface area contributed by atoms with Crippen molar-refractivity contribution in [2.75, 3.05) is 11.9 Å². The number of carbonyl (C=O) groups is 2. The molecular formula is C25H20BrFN4O2S. The molecule has 0 saturated heterocycles. The zero-order chi connectivity index (χ0) is 23.9. The molecule has 0 atom stereocenters. The van der Waals surface area contributed by atoms with Crippen molar-refractivity contribution >= 4 is 44.2 Å². The van der Waals surface area contributed by atoms with Crippen LogP contribution in [-0.4, -0.2) is 33.5 Å². The summed E-state index contributed by atoms with van der Waals surface area (Å²) in [6, 6.07) is 22.9. The fourth-order valence-corrected chi connectivity index (χ4v) is 4.45. The number of benzene rings is 3. The molecule has 0 unspecified atom stereocenters. The molecule has 1 aromatic heterocycles. The lowest BCUT2D eigenvalue weighted by Crippen LogP contribution is -2.34. The van der Waals surface area contributed by atoms with Gasteiger partial charge in [0, 0.05) is 29.5 Å². The van der Waals surface area contributed by atoms with Crippen LogP contribution in [0.1, 0.15) is 22.3 Å². The van der Waals surface area contributed by atoms with Gasteiger partial charge < -0.3 is 10.2 Å². The third kappa shape index (κ3) is 6.12. The van der Waals surface area contributed by atoms with Crippen molar-refractivity contribution in [3.63, 3.8) is 0 Å². The third-order valence-corrected chi connectivity index (χ3v) is 6.34. The van der Waals surface area contributed by atoms with E-state index in [1.807, 2.05) is 54.6 Å². The number of halogens is 2. The summed E-state index contributed by atoms with van der Waals surface area (Å²) >= 11 is 4.69. The summed E-state index contributed by atoms with van der Waals surface area (Å²) < 4.78 is 15.2. The van der Waals surface area contributed by atoms with E-state index in [1.165, 1.54) is 34.4 Å². The van der Waals surface area contributed by atoms with Gasteiger partial charge >= 0.3 is 0 Å². The number of carbonyl (C=O) groups excluding carboxylic acids is 2. The molecule has 9 heteroatoms. The van der Waals surface area contributed by atoms with Gasteiger partial charge in [0.15, 0.2) is 0 Å². The van der Waals surface area contributed by atoms with E-state index >= 15 is 0 Å². The summed E-state index contributed by atoms with van der Waals surface area (Å²) in [5.41, 5.74) is 1.74. The summed E-state index contributed by atoms with van der Waals surface area (Å²) in [4.78, 5) is 27.1. The molecule has 0 saturated carbocycles. The normalized spacial score (nSPS) is 10.6. The molecule has 4 rings (SSSR count). The van der Waals surface area contributed by atoms with Gasteiger partial charge in [0.1, 0.15) is 10.8 Å². The van der Waals surface area contributed by atoms with Crippen LogP contribution in [0.25, 0.3) is 10.6 Å². The predicted octanol–water partition coefficient (Wildman–Crippen LogP) is 5.78. The summed E-state index contributed by atoms with van der Waals surface area (Å²) in [6.45, 7) is 0.373. The minimum atomic E-state index is -0.594. The Labute approximate surface area is 208 Å². The number of nitrogens with zero attached hydrogens (tertiary/aromatic N) is 3. The molecule has 4 aromatic rings. The Morgan fingerprint density at radius 2 is 1.74 bits per heavy atom. The summed E-state index contributed by atoms with van der Waals surface area (Å²) in [5, 5.41) is 12.0. The molecule has 1 N–H and O–H groups in total. The first-order chi connectivity index (χ1) is 16.5. The first-order valence-corrected chi connectivity index (χ1v) is 12.1. The summed E-state index contributed by atoms with van der Waals surface area (Å²) in [7, 11) is 0. The largest absolute Gasteiger partial charge is 0.334 e. The third-order valence-electron chi connectivity index (χ3n) is 4.96. The van der Waals surface area contributed by atoms with Crippen molar-refractivity contribution < 1.29 is 14.0 Å². The zero-order valence-corrected chi connectivity index (χ0v) is 20.4. The Kier molecular flexibility index (Phi) is 7.76. The van der Waals surface area contributed by atoms with Crippen LogP contribution in [0.5, 0.6) is 0 Å². The fraction of sp³-hybridized carbons (Fsp3) is 0.120. The maximum absolute atomic E-state index is 14.2. The van der Waals surface area contributed by atoms with Crippen LogP contribution in [0, 0.1) is 5.82 Å². The topological polar surface area (TPSA) is 75.2 Å². The van der Waals surface area contributed by atoms with Crippen molar-refractivity contribution in [2.24, 2.45) is 0 Å². The van der Waals surface area contributed by atoms with Crippen molar-refractivity contribution in [2.45, 2.75) is 13.0 Å². The first kappa shape index (κ1) is 23.7. The second-order valence-electron chi connectivity index (χ2n) is 7.41. The average molecular weight is 539 g/mol. The maximum Gasteiger partial charge on any atom is 0.257 e. The van der Waals surface area contributed by atoms with E-state index in [0.29, 0.717) is 10.1 Å². The lowest BCUT2D eigenvalue weighted by atomic mass is 10.1. The van der Waals surface area contributed by atoms with Crippen LogP contribution in [-0.2, 0) is 11.3 Å². The molecule has 0 radical (unpaired) electrons. The number of amides is 2. The molecule has 172 valence electrons. The first-order valence-electron chi connectivity index (χ1n) is 10.5. The highest BCUT2D eigenvalue weighted by molar-refractivity contribution is 9.10. The van der Waals surface area contributed by atoms with Crippen molar-refractivity contribution in [3.8, 4) is 10.6 Å². The second-order valence-corrected chi connectivity index (χ2v) is 9.31. The van der Waals surface area contributed by atoms with E-state index < -0.39 is 11.7 Å². The van der Waals surface area contributed by atoms with E-state index in [-0.39, 0.29) is 31.0 Å². The minimum Gasteiger partial charge on any atom is -0.334 e. The van der Waals surface area contributed by atoms with Crippen LogP contribution in [0.4, 0.5) is 9.52 Å². The Balaban J connectivity index is 1.43. The van der Waals surface area contributed by atoms with Gasteiger partial charge in [-0.05, 0) is 29.8 Å². The highest BCUT2D eigenvalue weighted by Crippen LogP contribution is 2.28. The Morgan fingerprint density at radius 1 is 0.971 bits per heavy atom. The molecule has 0 aliphatic rings. The monoisotopic (exact) mass is 538 g/mol. The van der Waals surface area contributed by atoms with E-state index in [4.69, 9.17) is 0 Å². The molecular weight excluding hydrogens is 519 g/mol. The van der Waals surface area contributed by atoms with E-state index in [0.717, 1.165) is 15.6 Å². The smallest absolute Gasteiger partial charge is 0.257 e. The number of rotatable bonds is 8. The van der Waals surface area contributed by atoms with E-state index in [9.17, 15) is 14.0 Å². The van der Waals surface area contributed by atoms with Gasteiger partial charge in [0.25, 0.3) is 5.91 Å². The number of hydrogen-bond acceptors (Lipinski definition) is 5. The molecule has 0 spiro atoms. The molecule has 6 nitrogen and oxygen atoms in total. The molecule has 0 aliphatic carbocycles. The number of aromatic nitrogens is 2. The molecule has 0 aliphatic heterocycles. The molecule has 0 bridgehead atoms. The van der Waals surface area contributed by atoms with Gasteiger partial charge in [-0.3, -0.25) is 9.59 Å². The van der Waals surface area contributed by atoms with Crippen LogP contribution in [0.2, 0.25) is 0 Å². The van der Waals surface area contributed by atoms with Gasteiger partial charge in [-0.1, -0.05) is 81.9 Å². The maximum atomic E-state index is 14.2. The fourth-order valence-electron chi connectivity index (χ4n) is 3.29. The quantitative estimate of drug-likeness (QED) is 0.308. The van der Waals surface area contributed by atoms with Gasteiger partial charge in [-0.25, -0.2) is 4.39 Å². The van der Waals surface area contributed by atoms with Crippen molar-refractivity contribution in [1.29, 1.82) is 0 Å². The van der Waals surface area contributed by atoms with Crippen molar-refractivity contribution in [1.82, 2.24) is 15.1 Å². The van der Waals surface area contributed by atoms with E-state index in [1.54, 1.807) is 6.07 Å². The Morgan fingerprint density at radius 3 is 2.50 bits per heavy atom. The number of anilines is 1. The van der Waals surface area contributed by atoms with Crippen LogP contribution in [0.3, 0.4) is 0 Å². The minimum absolute atomic E-state index is 0.0263. The molecule has 3 aromatic carbocycles. The zero-order valence-electron chi connectivity index (χ0n) is 17.9. The van der Waals surface area contributed by atoms with Gasteiger partial charge in [0.05, 0.1) is 5.56 Å². The lowest BCUT2D eigenvalue weighted by Gasteiger charge is -2.23. The predicted molar refractivity (Wildman–Crippen MR) is 134 cm³/mol. The van der Waals surface area contributed by atoms with Crippen molar-refractivity contribution in [3.05, 3.63) is 100 Å². The lowest BCUT2D eigenvalue weighted by molar-refractivity contribution is -0.116. The molecule has 0 fully saturated rings. The Bertz CT molecular complexity index is 1300. The molecule has 1 heterocycles.